The first-order valence-electron chi connectivity index (χ1n) is 4.94. The molecule has 0 radical (unpaired) electrons. The van der Waals surface area contributed by atoms with E-state index in [1.54, 1.807) is 12.4 Å². The Labute approximate surface area is 99.5 Å². The molecule has 82 valence electrons. The first-order valence-corrected chi connectivity index (χ1v) is 5.32. The topological polar surface area (TPSA) is 37.0 Å². The van der Waals surface area contributed by atoms with Gasteiger partial charge in [-0.25, -0.2) is 0 Å². The van der Waals surface area contributed by atoms with Gasteiger partial charge < -0.3 is 10.6 Å². The normalized spacial score (nSPS) is 9.88. The average Bonchev–Trinajstić information content (AvgIpc) is 2.32. The standard InChI is InChI=1S/C12H12ClN3/c1-14-9-6-10(8-15-7-9)16-12-5-3-2-4-11(12)13/h2-8,14,16H,1H3. The Bertz CT molecular complexity index is 485. The molecule has 16 heavy (non-hydrogen) atoms. The summed E-state index contributed by atoms with van der Waals surface area (Å²) in [5.74, 6) is 0. The molecular weight excluding hydrogens is 222 g/mol. The van der Waals surface area contributed by atoms with Crippen LogP contribution in [0, 0.1) is 0 Å². The average molecular weight is 234 g/mol. The number of hydrogen-bond donors (Lipinski definition) is 2. The Kier molecular flexibility index (Phi) is 3.27. The van der Waals surface area contributed by atoms with Crippen molar-refractivity contribution in [3.05, 3.63) is 47.7 Å². The highest BCUT2D eigenvalue weighted by Gasteiger charge is 2.00. The van der Waals surface area contributed by atoms with E-state index < -0.39 is 0 Å². The lowest BCUT2D eigenvalue weighted by atomic mass is 10.3. The van der Waals surface area contributed by atoms with E-state index in [-0.39, 0.29) is 0 Å². The van der Waals surface area contributed by atoms with Crippen molar-refractivity contribution < 1.29 is 0 Å². The van der Waals surface area contributed by atoms with E-state index in [0.29, 0.717) is 5.02 Å². The maximum atomic E-state index is 6.05. The van der Waals surface area contributed by atoms with Crippen LogP contribution in [0.3, 0.4) is 0 Å². The van der Waals surface area contributed by atoms with Gasteiger partial charge >= 0.3 is 0 Å². The van der Waals surface area contributed by atoms with Crippen LogP contribution in [0.1, 0.15) is 0 Å². The van der Waals surface area contributed by atoms with Gasteiger partial charge in [-0.3, -0.25) is 4.98 Å². The van der Waals surface area contributed by atoms with Crippen molar-refractivity contribution in [1.82, 2.24) is 4.98 Å². The minimum absolute atomic E-state index is 0.692. The fourth-order valence-electron chi connectivity index (χ4n) is 1.36. The monoisotopic (exact) mass is 233 g/mol. The van der Waals surface area contributed by atoms with Gasteiger partial charge in [-0.15, -0.1) is 0 Å². The SMILES string of the molecule is CNc1cncc(Nc2ccccc2Cl)c1. The predicted octanol–water partition coefficient (Wildman–Crippen LogP) is 3.52. The van der Waals surface area contributed by atoms with Crippen LogP contribution in [0.5, 0.6) is 0 Å². The lowest BCUT2D eigenvalue weighted by Crippen LogP contribution is -1.94. The lowest BCUT2D eigenvalue weighted by Gasteiger charge is -2.08. The van der Waals surface area contributed by atoms with Crippen LogP contribution in [0.4, 0.5) is 17.1 Å². The van der Waals surface area contributed by atoms with Crippen LogP contribution >= 0.6 is 11.6 Å². The second kappa shape index (κ2) is 4.86. The number of nitrogens with one attached hydrogen (secondary N) is 2. The quantitative estimate of drug-likeness (QED) is 0.852. The molecule has 2 aromatic rings. The zero-order valence-electron chi connectivity index (χ0n) is 8.87. The summed E-state index contributed by atoms with van der Waals surface area (Å²) in [6.45, 7) is 0. The summed E-state index contributed by atoms with van der Waals surface area (Å²) in [5.41, 5.74) is 2.73. The van der Waals surface area contributed by atoms with E-state index in [1.165, 1.54) is 0 Å². The summed E-state index contributed by atoms with van der Waals surface area (Å²) < 4.78 is 0. The molecule has 1 aromatic heterocycles. The molecule has 0 saturated heterocycles. The van der Waals surface area contributed by atoms with Crippen LogP contribution in [0.15, 0.2) is 42.7 Å². The molecule has 2 rings (SSSR count). The highest BCUT2D eigenvalue weighted by atomic mass is 35.5. The van der Waals surface area contributed by atoms with Crippen molar-refractivity contribution in [2.75, 3.05) is 17.7 Å². The summed E-state index contributed by atoms with van der Waals surface area (Å²) >= 11 is 6.05. The number of halogens is 1. The molecule has 3 nitrogen and oxygen atoms in total. The maximum Gasteiger partial charge on any atom is 0.0640 e. The van der Waals surface area contributed by atoms with Crippen molar-refractivity contribution in [2.24, 2.45) is 0 Å². The summed E-state index contributed by atoms with van der Waals surface area (Å²) in [7, 11) is 1.86. The third kappa shape index (κ3) is 2.44. The second-order valence-corrected chi connectivity index (χ2v) is 3.72. The number of hydrogen-bond acceptors (Lipinski definition) is 3. The lowest BCUT2D eigenvalue weighted by molar-refractivity contribution is 1.30. The smallest absolute Gasteiger partial charge is 0.0640 e. The fraction of sp³-hybridized carbons (Fsp3) is 0.0833. The largest absolute Gasteiger partial charge is 0.387 e. The molecule has 0 aliphatic heterocycles. The van der Waals surface area contributed by atoms with Crippen LogP contribution in [-0.2, 0) is 0 Å². The third-order valence-electron chi connectivity index (χ3n) is 2.18. The maximum absolute atomic E-state index is 6.05. The minimum Gasteiger partial charge on any atom is -0.387 e. The molecular formula is C12H12ClN3. The molecule has 0 saturated carbocycles. The van der Waals surface area contributed by atoms with E-state index in [2.05, 4.69) is 15.6 Å². The van der Waals surface area contributed by atoms with Crippen LogP contribution in [0.2, 0.25) is 5.02 Å². The molecule has 0 spiro atoms. The highest BCUT2D eigenvalue weighted by Crippen LogP contribution is 2.25. The van der Waals surface area contributed by atoms with Gasteiger partial charge in [0.15, 0.2) is 0 Å². The van der Waals surface area contributed by atoms with E-state index in [4.69, 9.17) is 11.6 Å². The number of aromatic nitrogens is 1. The molecule has 0 aliphatic rings. The van der Waals surface area contributed by atoms with Crippen LogP contribution in [-0.4, -0.2) is 12.0 Å². The van der Waals surface area contributed by atoms with Gasteiger partial charge in [0.1, 0.15) is 0 Å². The number of nitrogens with zero attached hydrogens (tertiary/aromatic N) is 1. The van der Waals surface area contributed by atoms with Gasteiger partial charge in [0, 0.05) is 7.05 Å². The molecule has 1 heterocycles. The van der Waals surface area contributed by atoms with Gasteiger partial charge in [-0.05, 0) is 18.2 Å². The highest BCUT2D eigenvalue weighted by molar-refractivity contribution is 6.33. The second-order valence-electron chi connectivity index (χ2n) is 3.32. The number of pyridine rings is 1. The summed E-state index contributed by atoms with van der Waals surface area (Å²) in [5, 5.41) is 6.94. The third-order valence-corrected chi connectivity index (χ3v) is 2.51. The van der Waals surface area contributed by atoms with Gasteiger partial charge in [-0.1, -0.05) is 23.7 Å². The van der Waals surface area contributed by atoms with Gasteiger partial charge in [0.25, 0.3) is 0 Å². The molecule has 0 atom stereocenters. The molecule has 0 bridgehead atoms. The van der Waals surface area contributed by atoms with Crippen molar-refractivity contribution >= 4 is 28.7 Å². The van der Waals surface area contributed by atoms with Gasteiger partial charge in [-0.2, -0.15) is 0 Å². The van der Waals surface area contributed by atoms with Crippen molar-refractivity contribution in [2.45, 2.75) is 0 Å². The number of benzene rings is 1. The van der Waals surface area contributed by atoms with Crippen molar-refractivity contribution in [3.8, 4) is 0 Å². The van der Waals surface area contributed by atoms with Crippen LogP contribution in [0.25, 0.3) is 0 Å². The van der Waals surface area contributed by atoms with E-state index in [0.717, 1.165) is 17.1 Å². The Balaban J connectivity index is 2.24. The first-order chi connectivity index (χ1) is 7.79. The molecule has 2 N–H and O–H groups in total. The minimum atomic E-state index is 0.692. The molecule has 1 aromatic carbocycles. The van der Waals surface area contributed by atoms with Crippen LogP contribution < -0.4 is 10.6 Å². The first kappa shape index (κ1) is 10.8. The Hall–Kier alpha value is -1.74. The molecule has 4 heteroatoms. The van der Waals surface area contributed by atoms with Gasteiger partial charge in [0.2, 0.25) is 0 Å². The van der Waals surface area contributed by atoms with E-state index in [9.17, 15) is 0 Å². The zero-order valence-corrected chi connectivity index (χ0v) is 9.62. The molecule has 0 fully saturated rings. The van der Waals surface area contributed by atoms with Gasteiger partial charge in [0.05, 0.1) is 34.5 Å². The molecule has 0 aliphatic carbocycles. The molecule has 0 unspecified atom stereocenters. The number of rotatable bonds is 3. The van der Waals surface area contributed by atoms with E-state index >= 15 is 0 Å². The zero-order chi connectivity index (χ0) is 11.4. The summed E-state index contributed by atoms with van der Waals surface area (Å²) in [6.07, 6.45) is 3.52. The summed E-state index contributed by atoms with van der Waals surface area (Å²) in [6, 6.07) is 9.57. The Morgan fingerprint density at radius 2 is 1.88 bits per heavy atom. The van der Waals surface area contributed by atoms with E-state index in [1.807, 2.05) is 37.4 Å². The summed E-state index contributed by atoms with van der Waals surface area (Å²) in [4.78, 5) is 4.11. The predicted molar refractivity (Wildman–Crippen MR) is 68.5 cm³/mol. The Morgan fingerprint density at radius 1 is 1.12 bits per heavy atom. The number of anilines is 3. The Morgan fingerprint density at radius 3 is 2.62 bits per heavy atom. The van der Waals surface area contributed by atoms with Crippen molar-refractivity contribution in [3.63, 3.8) is 0 Å². The van der Waals surface area contributed by atoms with Crippen molar-refractivity contribution in [1.29, 1.82) is 0 Å². The fourth-order valence-corrected chi connectivity index (χ4v) is 1.55. The number of para-hydroxylation sites is 1. The molecule has 0 amide bonds.